The molecule has 1 amide bonds. The number of halogens is 4. The van der Waals surface area contributed by atoms with Crippen LogP contribution in [0.2, 0.25) is 0 Å². The van der Waals surface area contributed by atoms with Crippen LogP contribution in [0.25, 0.3) is 0 Å². The van der Waals surface area contributed by atoms with Gasteiger partial charge in [-0.2, -0.15) is 0 Å². The lowest BCUT2D eigenvalue weighted by molar-refractivity contribution is -0.275. The molecule has 136 valence electrons. The van der Waals surface area contributed by atoms with Gasteiger partial charge in [0.15, 0.2) is 0 Å². The number of carbonyl (C=O) groups excluding carboxylic acids is 1. The summed E-state index contributed by atoms with van der Waals surface area (Å²) in [5.74, 6) is 0.173. The molecule has 0 spiro atoms. The molecule has 0 saturated carbocycles. The Morgan fingerprint density at radius 2 is 2.08 bits per heavy atom. The van der Waals surface area contributed by atoms with Crippen molar-refractivity contribution in [3.05, 3.63) is 29.8 Å². The van der Waals surface area contributed by atoms with Gasteiger partial charge in [-0.3, -0.25) is 4.79 Å². The third-order valence-electron chi connectivity index (χ3n) is 3.96. The van der Waals surface area contributed by atoms with Crippen LogP contribution in [-0.2, 0) is 11.3 Å². The number of para-hydroxylation sites is 1. The molecule has 0 radical (unpaired) electrons. The summed E-state index contributed by atoms with van der Waals surface area (Å²) >= 11 is 0. The minimum Gasteiger partial charge on any atom is -0.405 e. The number of nitrogens with zero attached hydrogens (tertiary/aromatic N) is 1. The highest BCUT2D eigenvalue weighted by molar-refractivity contribution is 5.85. The molecule has 1 atom stereocenters. The molecule has 1 N–H and O–H groups in total. The van der Waals surface area contributed by atoms with Crippen molar-refractivity contribution in [1.29, 1.82) is 0 Å². The van der Waals surface area contributed by atoms with E-state index in [-0.39, 0.29) is 30.6 Å². The van der Waals surface area contributed by atoms with Crippen LogP contribution in [-0.4, -0.2) is 37.3 Å². The molecule has 1 heterocycles. The zero-order chi connectivity index (χ0) is 16.9. The minimum atomic E-state index is -4.74. The lowest BCUT2D eigenvalue weighted by atomic mass is 10.0. The van der Waals surface area contributed by atoms with E-state index in [0.717, 1.165) is 25.9 Å². The van der Waals surface area contributed by atoms with E-state index in [9.17, 15) is 18.0 Å². The van der Waals surface area contributed by atoms with Crippen LogP contribution in [0.4, 0.5) is 13.2 Å². The Morgan fingerprint density at radius 1 is 1.38 bits per heavy atom. The molecule has 2 rings (SSSR count). The summed E-state index contributed by atoms with van der Waals surface area (Å²) in [6.07, 6.45) is -2.46. The molecule has 1 unspecified atom stereocenters. The SMILES string of the molecule is CN(Cc1ccccc1OC(F)(F)F)C(=O)CCC1CCNC1.Cl. The predicted octanol–water partition coefficient (Wildman–Crippen LogP) is 3.36. The molecular weight excluding hydrogens is 345 g/mol. The summed E-state index contributed by atoms with van der Waals surface area (Å²) in [5, 5.41) is 3.25. The Hall–Kier alpha value is -1.47. The van der Waals surface area contributed by atoms with Gasteiger partial charge < -0.3 is 15.0 Å². The molecule has 1 saturated heterocycles. The molecular formula is C16H22ClF3N2O2. The van der Waals surface area contributed by atoms with Gasteiger partial charge in [-0.15, -0.1) is 25.6 Å². The number of benzene rings is 1. The van der Waals surface area contributed by atoms with Gasteiger partial charge in [0.1, 0.15) is 5.75 Å². The molecule has 24 heavy (non-hydrogen) atoms. The first-order valence-corrected chi connectivity index (χ1v) is 7.63. The van der Waals surface area contributed by atoms with E-state index >= 15 is 0 Å². The highest BCUT2D eigenvalue weighted by Gasteiger charge is 2.32. The van der Waals surface area contributed by atoms with Crippen LogP contribution in [0.3, 0.4) is 0 Å². The second-order valence-electron chi connectivity index (χ2n) is 5.80. The highest BCUT2D eigenvalue weighted by Crippen LogP contribution is 2.27. The third kappa shape index (κ3) is 6.57. The van der Waals surface area contributed by atoms with Crippen LogP contribution in [0.5, 0.6) is 5.75 Å². The predicted molar refractivity (Wildman–Crippen MR) is 87.1 cm³/mol. The molecule has 0 aliphatic carbocycles. The Labute approximate surface area is 145 Å². The molecule has 0 bridgehead atoms. The summed E-state index contributed by atoms with van der Waals surface area (Å²) < 4.78 is 41.2. The van der Waals surface area contributed by atoms with Crippen molar-refractivity contribution in [2.75, 3.05) is 20.1 Å². The summed E-state index contributed by atoms with van der Waals surface area (Å²) in [7, 11) is 1.60. The Bertz CT molecular complexity index is 534. The molecule has 4 nitrogen and oxygen atoms in total. The van der Waals surface area contributed by atoms with Gasteiger partial charge in [0.2, 0.25) is 5.91 Å². The first-order valence-electron chi connectivity index (χ1n) is 7.63. The summed E-state index contributed by atoms with van der Waals surface area (Å²) in [6, 6.07) is 5.89. The van der Waals surface area contributed by atoms with Crippen LogP contribution in [0.1, 0.15) is 24.8 Å². The maximum Gasteiger partial charge on any atom is 0.573 e. The van der Waals surface area contributed by atoms with E-state index in [0.29, 0.717) is 17.9 Å². The van der Waals surface area contributed by atoms with E-state index in [4.69, 9.17) is 0 Å². The lowest BCUT2D eigenvalue weighted by Gasteiger charge is -2.20. The monoisotopic (exact) mass is 366 g/mol. The van der Waals surface area contributed by atoms with Crippen molar-refractivity contribution in [1.82, 2.24) is 10.2 Å². The Morgan fingerprint density at radius 3 is 2.71 bits per heavy atom. The van der Waals surface area contributed by atoms with E-state index in [1.165, 1.54) is 23.1 Å². The maximum atomic E-state index is 12.4. The number of hydrogen-bond acceptors (Lipinski definition) is 3. The number of carbonyl (C=O) groups is 1. The second kappa shape index (κ2) is 9.13. The quantitative estimate of drug-likeness (QED) is 0.839. The van der Waals surface area contributed by atoms with Crippen molar-refractivity contribution >= 4 is 18.3 Å². The van der Waals surface area contributed by atoms with Crippen molar-refractivity contribution < 1.29 is 22.7 Å². The minimum absolute atomic E-state index is 0. The zero-order valence-corrected chi connectivity index (χ0v) is 14.3. The van der Waals surface area contributed by atoms with Crippen LogP contribution < -0.4 is 10.1 Å². The number of alkyl halides is 3. The standard InChI is InChI=1S/C16H21F3N2O2.ClH/c1-21(15(22)7-6-12-8-9-20-10-12)11-13-4-2-3-5-14(13)23-16(17,18)19;/h2-5,12,20H,6-11H2,1H3;1H. The van der Waals surface area contributed by atoms with Gasteiger partial charge >= 0.3 is 6.36 Å². The molecule has 1 fully saturated rings. The number of ether oxygens (including phenoxy) is 1. The summed E-state index contributed by atoms with van der Waals surface area (Å²) in [5.41, 5.74) is 0.336. The van der Waals surface area contributed by atoms with Crippen molar-refractivity contribution in [2.24, 2.45) is 5.92 Å². The largest absolute Gasteiger partial charge is 0.573 e. The summed E-state index contributed by atoms with van der Waals surface area (Å²) in [4.78, 5) is 13.6. The van der Waals surface area contributed by atoms with E-state index in [2.05, 4.69) is 10.1 Å². The van der Waals surface area contributed by atoms with Crippen molar-refractivity contribution in [3.8, 4) is 5.75 Å². The van der Waals surface area contributed by atoms with Gasteiger partial charge in [-0.25, -0.2) is 0 Å². The molecule has 1 aromatic carbocycles. The molecule has 8 heteroatoms. The fraction of sp³-hybridized carbons (Fsp3) is 0.562. The third-order valence-corrected chi connectivity index (χ3v) is 3.96. The Kier molecular flexibility index (Phi) is 7.83. The highest BCUT2D eigenvalue weighted by atomic mass is 35.5. The number of amides is 1. The fourth-order valence-corrected chi connectivity index (χ4v) is 2.68. The van der Waals surface area contributed by atoms with Crippen molar-refractivity contribution in [3.63, 3.8) is 0 Å². The van der Waals surface area contributed by atoms with Crippen LogP contribution >= 0.6 is 12.4 Å². The van der Waals surface area contributed by atoms with E-state index in [1.54, 1.807) is 13.1 Å². The van der Waals surface area contributed by atoms with Crippen molar-refractivity contribution in [2.45, 2.75) is 32.2 Å². The van der Waals surface area contributed by atoms with E-state index < -0.39 is 6.36 Å². The molecule has 1 aliphatic heterocycles. The topological polar surface area (TPSA) is 41.6 Å². The number of hydrogen-bond donors (Lipinski definition) is 1. The van der Waals surface area contributed by atoms with Crippen LogP contribution in [0, 0.1) is 5.92 Å². The second-order valence-corrected chi connectivity index (χ2v) is 5.80. The van der Waals surface area contributed by atoms with E-state index in [1.807, 2.05) is 0 Å². The summed E-state index contributed by atoms with van der Waals surface area (Å²) in [6.45, 7) is 2.00. The van der Waals surface area contributed by atoms with Gasteiger partial charge in [0, 0.05) is 25.6 Å². The zero-order valence-electron chi connectivity index (χ0n) is 13.4. The first kappa shape index (κ1) is 20.6. The van der Waals surface area contributed by atoms with Crippen LogP contribution in [0.15, 0.2) is 24.3 Å². The average molecular weight is 367 g/mol. The normalized spacial score (nSPS) is 17.2. The van der Waals surface area contributed by atoms with Gasteiger partial charge in [-0.1, -0.05) is 18.2 Å². The molecule has 0 aromatic heterocycles. The van der Waals surface area contributed by atoms with Gasteiger partial charge in [0.25, 0.3) is 0 Å². The fourth-order valence-electron chi connectivity index (χ4n) is 2.68. The first-order chi connectivity index (χ1) is 10.8. The number of nitrogens with one attached hydrogen (secondary N) is 1. The van der Waals surface area contributed by atoms with Gasteiger partial charge in [-0.05, 0) is 37.9 Å². The maximum absolute atomic E-state index is 12.4. The number of rotatable bonds is 6. The smallest absolute Gasteiger partial charge is 0.405 e. The van der Waals surface area contributed by atoms with Gasteiger partial charge in [0.05, 0.1) is 0 Å². The lowest BCUT2D eigenvalue weighted by Crippen LogP contribution is -2.27. The average Bonchev–Trinajstić information content (AvgIpc) is 2.98. The molecule has 1 aliphatic rings. The molecule has 1 aromatic rings. The Balaban J connectivity index is 0.00000288.